The molecule has 1 atom stereocenters. The van der Waals surface area contributed by atoms with Crippen LogP contribution in [0.2, 0.25) is 5.02 Å². The van der Waals surface area contributed by atoms with Crippen molar-refractivity contribution in [3.63, 3.8) is 0 Å². The highest BCUT2D eigenvalue weighted by Crippen LogP contribution is 2.38. The topological polar surface area (TPSA) is 51.8 Å². The summed E-state index contributed by atoms with van der Waals surface area (Å²) in [7, 11) is 0. The second-order valence-corrected chi connectivity index (χ2v) is 4.93. The van der Waals surface area contributed by atoms with Gasteiger partial charge in [-0.05, 0) is 32.9 Å². The third-order valence-corrected chi connectivity index (χ3v) is 3.48. The molecule has 0 amide bonds. The molecule has 1 N–H and O–H groups in total. The van der Waals surface area contributed by atoms with Gasteiger partial charge in [-0.25, -0.2) is 0 Å². The average molecular weight is 311 g/mol. The fraction of sp³-hybridized carbons (Fsp3) is 0.375. The third-order valence-electron chi connectivity index (χ3n) is 3.15. The normalized spacial score (nSPS) is 12.2. The van der Waals surface area contributed by atoms with Crippen molar-refractivity contribution in [2.45, 2.75) is 26.9 Å². The number of ether oxygens (including phenoxy) is 2. The van der Waals surface area contributed by atoms with Gasteiger partial charge in [0.1, 0.15) is 11.9 Å². The first-order valence-corrected chi connectivity index (χ1v) is 7.27. The minimum absolute atomic E-state index is 0.426. The Bertz CT molecular complexity index is 606. The van der Waals surface area contributed by atoms with Gasteiger partial charge in [0, 0.05) is 17.2 Å². The summed E-state index contributed by atoms with van der Waals surface area (Å²) < 4.78 is 16.3. The molecule has 0 saturated heterocycles. The Kier molecular flexibility index (Phi) is 5.15. The van der Waals surface area contributed by atoms with Crippen LogP contribution in [0.5, 0.6) is 11.5 Å². The number of hydrogen-bond acceptors (Lipinski definition) is 4. The number of aliphatic hydroxyl groups is 1. The molecule has 1 heterocycles. The lowest BCUT2D eigenvalue weighted by molar-refractivity contribution is 0.216. The smallest absolute Gasteiger partial charge is 0.162 e. The van der Waals surface area contributed by atoms with Crippen molar-refractivity contribution in [2.24, 2.45) is 0 Å². The molecule has 0 aliphatic carbocycles. The number of furan rings is 1. The number of halogens is 1. The highest BCUT2D eigenvalue weighted by atomic mass is 35.5. The maximum absolute atomic E-state index is 10.5. The Hall–Kier alpha value is -1.65. The molecule has 0 fully saturated rings. The van der Waals surface area contributed by atoms with E-state index in [1.807, 2.05) is 13.8 Å². The molecule has 2 aromatic rings. The lowest BCUT2D eigenvalue weighted by Crippen LogP contribution is -2.04. The summed E-state index contributed by atoms with van der Waals surface area (Å²) in [5.41, 5.74) is 1.25. The van der Waals surface area contributed by atoms with E-state index in [9.17, 15) is 5.11 Å². The summed E-state index contributed by atoms with van der Waals surface area (Å²) in [5, 5.41) is 10.9. The number of hydrogen-bond donors (Lipinski definition) is 1. The van der Waals surface area contributed by atoms with Gasteiger partial charge in [-0.2, -0.15) is 0 Å². The van der Waals surface area contributed by atoms with Crippen molar-refractivity contribution < 1.29 is 19.0 Å². The predicted molar refractivity (Wildman–Crippen MR) is 81.3 cm³/mol. The molecule has 1 aromatic carbocycles. The van der Waals surface area contributed by atoms with E-state index in [4.69, 9.17) is 25.5 Å². The van der Waals surface area contributed by atoms with Crippen LogP contribution in [0.15, 0.2) is 28.9 Å². The first-order valence-electron chi connectivity index (χ1n) is 6.89. The van der Waals surface area contributed by atoms with Crippen LogP contribution in [0, 0.1) is 6.92 Å². The molecular formula is C16H19ClO4. The van der Waals surface area contributed by atoms with Crippen LogP contribution in [0.1, 0.15) is 36.8 Å². The van der Waals surface area contributed by atoms with Gasteiger partial charge in [0.15, 0.2) is 11.5 Å². The minimum atomic E-state index is -0.869. The van der Waals surface area contributed by atoms with E-state index in [-0.39, 0.29) is 0 Å². The monoisotopic (exact) mass is 310 g/mol. The second kappa shape index (κ2) is 6.87. The summed E-state index contributed by atoms with van der Waals surface area (Å²) in [4.78, 5) is 0. The summed E-state index contributed by atoms with van der Waals surface area (Å²) in [6.45, 7) is 6.59. The van der Waals surface area contributed by atoms with E-state index in [1.54, 1.807) is 31.4 Å². The average Bonchev–Trinajstić information content (AvgIpc) is 2.87. The Morgan fingerprint density at radius 3 is 2.29 bits per heavy atom. The van der Waals surface area contributed by atoms with Crippen LogP contribution in [0.25, 0.3) is 0 Å². The molecule has 0 radical (unpaired) electrons. The van der Waals surface area contributed by atoms with E-state index in [0.29, 0.717) is 46.6 Å². The molecule has 1 aromatic heterocycles. The van der Waals surface area contributed by atoms with Crippen molar-refractivity contribution in [3.05, 3.63) is 46.4 Å². The zero-order chi connectivity index (χ0) is 15.4. The quantitative estimate of drug-likeness (QED) is 0.872. The van der Waals surface area contributed by atoms with Crippen LogP contribution >= 0.6 is 11.6 Å². The van der Waals surface area contributed by atoms with Gasteiger partial charge in [0.25, 0.3) is 0 Å². The van der Waals surface area contributed by atoms with E-state index >= 15 is 0 Å². The van der Waals surface area contributed by atoms with Gasteiger partial charge < -0.3 is 19.0 Å². The highest BCUT2D eigenvalue weighted by Gasteiger charge is 2.21. The molecule has 0 bridgehead atoms. The van der Waals surface area contributed by atoms with Gasteiger partial charge >= 0.3 is 0 Å². The molecule has 4 nitrogen and oxygen atoms in total. The molecule has 0 saturated carbocycles. The molecule has 5 heteroatoms. The lowest BCUT2D eigenvalue weighted by atomic mass is 10.0. The Morgan fingerprint density at radius 1 is 1.14 bits per heavy atom. The summed E-state index contributed by atoms with van der Waals surface area (Å²) in [5.74, 6) is 1.80. The molecule has 114 valence electrons. The van der Waals surface area contributed by atoms with Crippen LogP contribution in [0.4, 0.5) is 0 Å². The fourth-order valence-electron chi connectivity index (χ4n) is 2.14. The maximum atomic E-state index is 10.5. The first-order chi connectivity index (χ1) is 10.1. The van der Waals surface area contributed by atoms with E-state index in [2.05, 4.69) is 0 Å². The summed E-state index contributed by atoms with van der Waals surface area (Å²) in [6.07, 6.45) is 0.672. The second-order valence-electron chi connectivity index (χ2n) is 4.52. The van der Waals surface area contributed by atoms with Gasteiger partial charge in [-0.3, -0.25) is 0 Å². The number of benzene rings is 1. The van der Waals surface area contributed by atoms with E-state index in [0.717, 1.165) is 0 Å². The fourth-order valence-corrected chi connectivity index (χ4v) is 2.40. The first kappa shape index (κ1) is 15.7. The zero-order valence-electron chi connectivity index (χ0n) is 12.4. The lowest BCUT2D eigenvalue weighted by Gasteiger charge is -2.17. The molecule has 1 unspecified atom stereocenters. The van der Waals surface area contributed by atoms with Gasteiger partial charge in [-0.1, -0.05) is 11.6 Å². The molecule has 0 aliphatic rings. The number of aryl methyl sites for hydroxylation is 1. The molecular weight excluding hydrogens is 292 g/mol. The van der Waals surface area contributed by atoms with Crippen LogP contribution < -0.4 is 9.47 Å². The Balaban J connectivity index is 2.44. The maximum Gasteiger partial charge on any atom is 0.162 e. The molecule has 0 spiro atoms. The van der Waals surface area contributed by atoms with Gasteiger partial charge in [0.05, 0.1) is 24.5 Å². The largest absolute Gasteiger partial charge is 0.490 e. The molecule has 21 heavy (non-hydrogen) atoms. The summed E-state index contributed by atoms with van der Waals surface area (Å²) in [6, 6.07) is 5.12. The Labute approximate surface area is 129 Å². The van der Waals surface area contributed by atoms with E-state index in [1.165, 1.54) is 0 Å². The highest BCUT2D eigenvalue weighted by molar-refractivity contribution is 6.31. The minimum Gasteiger partial charge on any atom is -0.490 e. The standard InChI is InChI=1S/C16H19ClO4/c1-4-19-14-8-12(13(17)9-15(14)20-5-2)16(18)11-6-7-21-10(11)3/h6-9,16,18H,4-5H2,1-3H3. The Morgan fingerprint density at radius 2 is 1.76 bits per heavy atom. The summed E-state index contributed by atoms with van der Waals surface area (Å²) >= 11 is 6.28. The van der Waals surface area contributed by atoms with Crippen LogP contribution in [0.3, 0.4) is 0 Å². The molecule has 2 rings (SSSR count). The molecule has 0 aliphatic heterocycles. The van der Waals surface area contributed by atoms with Crippen LogP contribution in [-0.2, 0) is 0 Å². The van der Waals surface area contributed by atoms with Crippen molar-refractivity contribution in [3.8, 4) is 11.5 Å². The SMILES string of the molecule is CCOc1cc(Cl)c(C(O)c2ccoc2C)cc1OCC. The number of aliphatic hydroxyl groups excluding tert-OH is 1. The van der Waals surface area contributed by atoms with Gasteiger partial charge in [0.2, 0.25) is 0 Å². The van der Waals surface area contributed by atoms with Crippen molar-refractivity contribution in [1.29, 1.82) is 0 Å². The van der Waals surface area contributed by atoms with Crippen molar-refractivity contribution in [2.75, 3.05) is 13.2 Å². The number of rotatable bonds is 6. The van der Waals surface area contributed by atoms with Gasteiger partial charge in [-0.15, -0.1) is 0 Å². The van der Waals surface area contributed by atoms with Crippen molar-refractivity contribution >= 4 is 11.6 Å². The predicted octanol–water partition coefficient (Wildman–Crippen LogP) is 4.12. The third kappa shape index (κ3) is 3.34. The van der Waals surface area contributed by atoms with Crippen LogP contribution in [-0.4, -0.2) is 18.3 Å². The van der Waals surface area contributed by atoms with Crippen molar-refractivity contribution in [1.82, 2.24) is 0 Å². The zero-order valence-corrected chi connectivity index (χ0v) is 13.1. The van der Waals surface area contributed by atoms with E-state index < -0.39 is 6.10 Å².